The lowest BCUT2D eigenvalue weighted by Gasteiger charge is -2.35. The van der Waals surface area contributed by atoms with E-state index in [1.165, 1.54) is 5.56 Å². The average molecular weight is 316 g/mol. The van der Waals surface area contributed by atoms with Crippen molar-refractivity contribution in [3.05, 3.63) is 35.9 Å². The molecule has 2 saturated heterocycles. The van der Waals surface area contributed by atoms with Gasteiger partial charge in [-0.3, -0.25) is 4.79 Å². The van der Waals surface area contributed by atoms with Crippen molar-refractivity contribution in [2.24, 2.45) is 5.92 Å². The number of piperidine rings is 2. The van der Waals surface area contributed by atoms with Crippen LogP contribution in [0.3, 0.4) is 0 Å². The van der Waals surface area contributed by atoms with E-state index in [4.69, 9.17) is 4.74 Å². The minimum absolute atomic E-state index is 0.194. The van der Waals surface area contributed by atoms with E-state index in [2.05, 4.69) is 34.5 Å². The highest BCUT2D eigenvalue weighted by Crippen LogP contribution is 2.19. The number of carbonyl (C=O) groups excluding carboxylic acids is 1. The van der Waals surface area contributed by atoms with Crippen molar-refractivity contribution in [2.45, 2.75) is 38.2 Å². The Morgan fingerprint density at radius 1 is 1.17 bits per heavy atom. The smallest absolute Gasteiger partial charge is 0.226 e. The summed E-state index contributed by atoms with van der Waals surface area (Å²) >= 11 is 0. The molecule has 3 rings (SSSR count). The number of carbonyl (C=O) groups is 1. The summed E-state index contributed by atoms with van der Waals surface area (Å²) in [4.78, 5) is 14.6. The van der Waals surface area contributed by atoms with Crippen LogP contribution in [0.2, 0.25) is 0 Å². The first-order valence-corrected chi connectivity index (χ1v) is 8.98. The SMILES string of the molecule is O=C(C1CCCNC1)N1CCC(OCCc2ccccc2)CC1. The van der Waals surface area contributed by atoms with Crippen molar-refractivity contribution in [2.75, 3.05) is 32.8 Å². The molecule has 4 nitrogen and oxygen atoms in total. The third-order valence-electron chi connectivity index (χ3n) is 4.99. The molecule has 0 saturated carbocycles. The van der Waals surface area contributed by atoms with Gasteiger partial charge >= 0.3 is 0 Å². The molecule has 1 atom stereocenters. The highest BCUT2D eigenvalue weighted by Gasteiger charge is 2.29. The van der Waals surface area contributed by atoms with Crippen LogP contribution in [-0.4, -0.2) is 49.7 Å². The topological polar surface area (TPSA) is 41.6 Å². The number of rotatable bonds is 5. The molecule has 0 bridgehead atoms. The predicted molar refractivity (Wildman–Crippen MR) is 91.3 cm³/mol. The molecule has 0 aliphatic carbocycles. The Morgan fingerprint density at radius 2 is 1.96 bits per heavy atom. The van der Waals surface area contributed by atoms with Crippen LogP contribution in [0.15, 0.2) is 30.3 Å². The van der Waals surface area contributed by atoms with Crippen molar-refractivity contribution >= 4 is 5.91 Å². The van der Waals surface area contributed by atoms with Gasteiger partial charge in [-0.05, 0) is 44.2 Å². The molecule has 2 fully saturated rings. The van der Waals surface area contributed by atoms with E-state index in [1.807, 2.05) is 6.07 Å². The molecular weight excluding hydrogens is 288 g/mol. The number of amides is 1. The van der Waals surface area contributed by atoms with Gasteiger partial charge in [-0.2, -0.15) is 0 Å². The highest BCUT2D eigenvalue weighted by molar-refractivity contribution is 5.79. The molecule has 1 N–H and O–H groups in total. The molecule has 1 aromatic carbocycles. The Bertz CT molecular complexity index is 477. The molecule has 0 aromatic heterocycles. The summed E-state index contributed by atoms with van der Waals surface area (Å²) in [5.74, 6) is 0.541. The summed E-state index contributed by atoms with van der Waals surface area (Å²) in [6.45, 7) is 4.39. The van der Waals surface area contributed by atoms with E-state index in [1.54, 1.807) is 0 Å². The van der Waals surface area contributed by atoms with E-state index in [9.17, 15) is 4.79 Å². The predicted octanol–water partition coefficient (Wildman–Crippen LogP) is 2.24. The van der Waals surface area contributed by atoms with Crippen LogP contribution in [0.5, 0.6) is 0 Å². The summed E-state index contributed by atoms with van der Waals surface area (Å²) in [7, 11) is 0. The largest absolute Gasteiger partial charge is 0.378 e. The first-order valence-electron chi connectivity index (χ1n) is 8.98. The molecule has 1 amide bonds. The third kappa shape index (κ3) is 4.79. The van der Waals surface area contributed by atoms with Crippen LogP contribution < -0.4 is 5.32 Å². The number of likely N-dealkylation sites (tertiary alicyclic amines) is 1. The molecule has 0 spiro atoms. The third-order valence-corrected chi connectivity index (χ3v) is 4.99. The van der Waals surface area contributed by atoms with Crippen LogP contribution in [0.25, 0.3) is 0 Å². The van der Waals surface area contributed by atoms with Gasteiger partial charge in [0.2, 0.25) is 5.91 Å². The molecule has 2 aliphatic heterocycles. The maximum absolute atomic E-state index is 12.5. The van der Waals surface area contributed by atoms with E-state index in [0.29, 0.717) is 12.0 Å². The Morgan fingerprint density at radius 3 is 2.65 bits per heavy atom. The summed E-state index contributed by atoms with van der Waals surface area (Å²) < 4.78 is 6.01. The van der Waals surface area contributed by atoms with Gasteiger partial charge in [0.05, 0.1) is 18.6 Å². The van der Waals surface area contributed by atoms with Crippen LogP contribution in [0.4, 0.5) is 0 Å². The number of benzene rings is 1. The van der Waals surface area contributed by atoms with Crippen molar-refractivity contribution in [3.8, 4) is 0 Å². The van der Waals surface area contributed by atoms with Crippen molar-refractivity contribution < 1.29 is 9.53 Å². The number of hydrogen-bond acceptors (Lipinski definition) is 3. The second kappa shape index (κ2) is 8.46. The molecular formula is C19H28N2O2. The first-order chi connectivity index (χ1) is 11.3. The van der Waals surface area contributed by atoms with Crippen LogP contribution in [0, 0.1) is 5.92 Å². The van der Waals surface area contributed by atoms with Gasteiger partial charge in [0.15, 0.2) is 0 Å². The first kappa shape index (κ1) is 16.5. The zero-order valence-corrected chi connectivity index (χ0v) is 13.9. The Kier molecular flexibility index (Phi) is 6.06. The summed E-state index contributed by atoms with van der Waals surface area (Å²) in [5, 5.41) is 3.33. The molecule has 126 valence electrons. The minimum atomic E-state index is 0.194. The zero-order chi connectivity index (χ0) is 15.9. The van der Waals surface area contributed by atoms with E-state index in [-0.39, 0.29) is 5.92 Å². The normalized spacial score (nSPS) is 23.0. The van der Waals surface area contributed by atoms with Gasteiger partial charge in [-0.1, -0.05) is 30.3 Å². The monoisotopic (exact) mass is 316 g/mol. The van der Waals surface area contributed by atoms with Crippen molar-refractivity contribution in [1.29, 1.82) is 0 Å². The highest BCUT2D eigenvalue weighted by atomic mass is 16.5. The number of nitrogens with zero attached hydrogens (tertiary/aromatic N) is 1. The van der Waals surface area contributed by atoms with E-state index in [0.717, 1.165) is 64.9 Å². The van der Waals surface area contributed by atoms with Crippen molar-refractivity contribution in [3.63, 3.8) is 0 Å². The Labute approximate surface area is 139 Å². The minimum Gasteiger partial charge on any atom is -0.378 e. The van der Waals surface area contributed by atoms with Gasteiger partial charge in [-0.15, -0.1) is 0 Å². The fourth-order valence-electron chi connectivity index (χ4n) is 3.55. The number of ether oxygens (including phenoxy) is 1. The lowest BCUT2D eigenvalue weighted by molar-refractivity contribution is -0.138. The molecule has 1 aromatic rings. The maximum Gasteiger partial charge on any atom is 0.226 e. The molecule has 0 radical (unpaired) electrons. The number of hydrogen-bond donors (Lipinski definition) is 1. The standard InChI is InChI=1S/C19H28N2O2/c22-19(17-7-4-11-20-15-17)21-12-8-18(9-13-21)23-14-10-16-5-2-1-3-6-16/h1-3,5-6,17-18,20H,4,7-15H2. The van der Waals surface area contributed by atoms with E-state index >= 15 is 0 Å². The molecule has 4 heteroatoms. The second-order valence-electron chi connectivity index (χ2n) is 6.67. The fraction of sp³-hybridized carbons (Fsp3) is 0.632. The summed E-state index contributed by atoms with van der Waals surface area (Å²) in [6, 6.07) is 10.5. The van der Waals surface area contributed by atoms with Crippen LogP contribution in [0.1, 0.15) is 31.2 Å². The quantitative estimate of drug-likeness (QED) is 0.906. The summed E-state index contributed by atoms with van der Waals surface area (Å²) in [6.07, 6.45) is 5.39. The van der Waals surface area contributed by atoms with Gasteiger partial charge in [-0.25, -0.2) is 0 Å². The van der Waals surface area contributed by atoms with Crippen LogP contribution in [-0.2, 0) is 16.0 Å². The summed E-state index contributed by atoms with van der Waals surface area (Å²) in [5.41, 5.74) is 1.32. The van der Waals surface area contributed by atoms with Crippen molar-refractivity contribution in [1.82, 2.24) is 10.2 Å². The number of nitrogens with one attached hydrogen (secondary N) is 1. The van der Waals surface area contributed by atoms with Gasteiger partial charge in [0.25, 0.3) is 0 Å². The fourth-order valence-corrected chi connectivity index (χ4v) is 3.55. The van der Waals surface area contributed by atoms with Crippen LogP contribution >= 0.6 is 0 Å². The Hall–Kier alpha value is -1.39. The maximum atomic E-state index is 12.5. The lowest BCUT2D eigenvalue weighted by Crippen LogP contribution is -2.47. The molecule has 2 aliphatic rings. The van der Waals surface area contributed by atoms with Gasteiger partial charge < -0.3 is 15.0 Å². The molecule has 1 unspecified atom stereocenters. The molecule has 23 heavy (non-hydrogen) atoms. The zero-order valence-electron chi connectivity index (χ0n) is 13.9. The van der Waals surface area contributed by atoms with Gasteiger partial charge in [0.1, 0.15) is 0 Å². The lowest BCUT2D eigenvalue weighted by atomic mass is 9.96. The van der Waals surface area contributed by atoms with Gasteiger partial charge in [0, 0.05) is 19.6 Å². The average Bonchev–Trinajstić information content (AvgIpc) is 2.63. The Balaban J connectivity index is 1.36. The van der Waals surface area contributed by atoms with E-state index < -0.39 is 0 Å². The second-order valence-corrected chi connectivity index (χ2v) is 6.67. The molecule has 2 heterocycles.